The molecule has 9 aromatic carbocycles. The van der Waals surface area contributed by atoms with Crippen molar-refractivity contribution in [2.24, 2.45) is 0 Å². The lowest BCUT2D eigenvalue weighted by atomic mass is 9.94. The monoisotopic (exact) mass is 867 g/mol. The third-order valence-electron chi connectivity index (χ3n) is 14.3. The first-order chi connectivity index (χ1) is 32.1. The topological polar surface area (TPSA) is 13.1 Å². The summed E-state index contributed by atoms with van der Waals surface area (Å²) in [5.41, 5.74) is 12.2. The van der Waals surface area contributed by atoms with Crippen molar-refractivity contribution in [1.29, 1.82) is 0 Å². The number of hydrogen-bond acceptors (Lipinski definition) is 1. The van der Waals surface area contributed by atoms with Gasteiger partial charge in [-0.2, -0.15) is 0 Å². The van der Waals surface area contributed by atoms with E-state index in [0.29, 0.717) is 0 Å². The molecule has 1 aliphatic rings. The zero-order chi connectivity index (χ0) is 44.8. The predicted octanol–water partition coefficient (Wildman–Crippen LogP) is 13.2. The predicted molar refractivity (Wildman–Crippen MR) is 284 cm³/mol. The van der Waals surface area contributed by atoms with Gasteiger partial charge in [-0.05, 0) is 139 Å². The van der Waals surface area contributed by atoms with Gasteiger partial charge in [0.25, 0.3) is 0 Å². The summed E-state index contributed by atoms with van der Waals surface area (Å²) in [6, 6.07) is 82.1. The first-order valence-corrected chi connectivity index (χ1v) is 25.4. The van der Waals surface area contributed by atoms with E-state index in [2.05, 4.69) is 267 Å². The van der Waals surface area contributed by atoms with Gasteiger partial charge in [0.1, 0.15) is 0 Å². The molecule has 320 valence electrons. The van der Waals surface area contributed by atoms with E-state index in [1.807, 2.05) is 0 Å². The van der Waals surface area contributed by atoms with Crippen LogP contribution >= 0.6 is 0 Å². The quantitative estimate of drug-likeness (QED) is 0.145. The van der Waals surface area contributed by atoms with Crippen molar-refractivity contribution in [2.45, 2.75) is 52.1 Å². The Morgan fingerprint density at radius 2 is 0.848 bits per heavy atom. The normalized spacial score (nSPS) is 13.7. The molecular formula is C62H53N3Si. The van der Waals surface area contributed by atoms with Crippen molar-refractivity contribution in [3.05, 3.63) is 224 Å². The highest BCUT2D eigenvalue weighted by Crippen LogP contribution is 2.41. The van der Waals surface area contributed by atoms with Gasteiger partial charge < -0.3 is 14.0 Å². The summed E-state index contributed by atoms with van der Waals surface area (Å²) >= 11 is 0. The number of para-hydroxylation sites is 5. The molecule has 12 rings (SSSR count). The van der Waals surface area contributed by atoms with Crippen LogP contribution in [0.2, 0.25) is 0 Å². The van der Waals surface area contributed by atoms with Crippen LogP contribution in [0.5, 0.6) is 0 Å². The van der Waals surface area contributed by atoms with Crippen molar-refractivity contribution < 1.29 is 0 Å². The molecule has 3 nitrogen and oxygen atoms in total. The smallest absolute Gasteiger partial charge is 0.183 e. The lowest BCUT2D eigenvalue weighted by Gasteiger charge is -2.49. The van der Waals surface area contributed by atoms with E-state index < -0.39 is 8.07 Å². The molecule has 0 atom stereocenters. The number of hydrogen-bond donors (Lipinski definition) is 0. The Kier molecular flexibility index (Phi) is 9.17. The van der Waals surface area contributed by atoms with Gasteiger partial charge in [-0.15, -0.1) is 0 Å². The molecule has 2 aromatic heterocycles. The van der Waals surface area contributed by atoms with E-state index in [-0.39, 0.29) is 11.1 Å². The molecule has 11 aromatic rings. The van der Waals surface area contributed by atoms with Crippen LogP contribution in [0.25, 0.3) is 60.4 Å². The third-order valence-corrected chi connectivity index (χ3v) is 19.2. The van der Waals surface area contributed by atoms with Crippen LogP contribution in [-0.4, -0.2) is 22.7 Å². The summed E-state index contributed by atoms with van der Waals surface area (Å²) in [7, 11) is -2.73. The van der Waals surface area contributed by atoms with Crippen molar-refractivity contribution in [3.63, 3.8) is 0 Å². The summed E-state index contributed by atoms with van der Waals surface area (Å²) in [5, 5.41) is 10.8. The molecule has 0 unspecified atom stereocenters. The van der Waals surface area contributed by atoms with Gasteiger partial charge in [0.15, 0.2) is 8.07 Å². The van der Waals surface area contributed by atoms with Crippen molar-refractivity contribution in [2.75, 3.05) is 4.90 Å². The van der Waals surface area contributed by atoms with E-state index in [1.165, 1.54) is 98.1 Å². The summed E-state index contributed by atoms with van der Waals surface area (Å²) < 4.78 is 4.99. The molecule has 0 spiro atoms. The van der Waals surface area contributed by atoms with E-state index in [9.17, 15) is 0 Å². The molecule has 0 fully saturated rings. The maximum atomic E-state index is 2.60. The maximum Gasteiger partial charge on any atom is 0.183 e. The fraction of sp³-hybridized carbons (Fsp3) is 0.129. The van der Waals surface area contributed by atoms with Gasteiger partial charge >= 0.3 is 0 Å². The summed E-state index contributed by atoms with van der Waals surface area (Å²) in [5.74, 6) is 0. The second-order valence-corrected chi connectivity index (χ2v) is 23.6. The minimum Gasteiger partial charge on any atom is -0.336 e. The Bertz CT molecular complexity index is 3580. The molecule has 4 heteroatoms. The number of rotatable bonds is 7. The molecule has 0 saturated heterocycles. The van der Waals surface area contributed by atoms with Gasteiger partial charge in [-0.1, -0.05) is 158 Å². The number of anilines is 2. The van der Waals surface area contributed by atoms with Crippen LogP contribution in [0, 0.1) is 0 Å². The molecule has 0 bridgehead atoms. The molecule has 0 saturated carbocycles. The highest BCUT2D eigenvalue weighted by molar-refractivity contribution is 7.21. The van der Waals surface area contributed by atoms with Gasteiger partial charge in [0.05, 0.1) is 11.0 Å². The fourth-order valence-corrected chi connectivity index (χ4v) is 16.8. The minimum absolute atomic E-state index is 0.104. The van der Waals surface area contributed by atoms with Crippen LogP contribution in [0.4, 0.5) is 11.4 Å². The van der Waals surface area contributed by atoms with Crippen molar-refractivity contribution in [3.8, 4) is 16.8 Å². The van der Waals surface area contributed by atoms with E-state index in [1.54, 1.807) is 0 Å². The molecule has 3 heterocycles. The van der Waals surface area contributed by atoms with Crippen LogP contribution in [0.3, 0.4) is 0 Å². The van der Waals surface area contributed by atoms with Crippen LogP contribution in [-0.2, 0) is 12.0 Å². The molecule has 66 heavy (non-hydrogen) atoms. The summed E-state index contributed by atoms with van der Waals surface area (Å²) in [6.07, 6.45) is 0.885. The zero-order valence-electron chi connectivity index (χ0n) is 38.3. The Morgan fingerprint density at radius 1 is 0.394 bits per heavy atom. The average Bonchev–Trinajstić information content (AvgIpc) is 3.86. The van der Waals surface area contributed by atoms with Crippen LogP contribution in [0.15, 0.2) is 218 Å². The highest BCUT2D eigenvalue weighted by atomic mass is 28.3. The Labute approximate surface area is 388 Å². The SMILES string of the molecule is CC(C)(C)N1c2ccccc2[Si](c2ccccc2)(c2ccc(CC(C)(C)n3c4ccccc4c4cc(-c5ccc6c(c5)c5ccccc5n6-c5ccccc5)ccc43)cc2)c2ccccc21. The zero-order valence-corrected chi connectivity index (χ0v) is 39.3. The molecule has 0 aliphatic carbocycles. The number of fused-ring (bicyclic) bond motifs is 8. The van der Waals surface area contributed by atoms with Gasteiger partial charge in [-0.3, -0.25) is 0 Å². The molecule has 0 amide bonds. The van der Waals surface area contributed by atoms with Gasteiger partial charge in [0.2, 0.25) is 0 Å². The lowest BCUT2D eigenvalue weighted by Crippen LogP contribution is -2.78. The van der Waals surface area contributed by atoms with Crippen LogP contribution < -0.4 is 25.6 Å². The molecule has 1 aliphatic heterocycles. The minimum atomic E-state index is -2.73. The molecule has 0 radical (unpaired) electrons. The first kappa shape index (κ1) is 40.1. The Hall–Kier alpha value is -7.40. The van der Waals surface area contributed by atoms with Crippen molar-refractivity contribution in [1.82, 2.24) is 9.13 Å². The number of aromatic nitrogens is 2. The van der Waals surface area contributed by atoms with E-state index >= 15 is 0 Å². The number of benzene rings is 9. The van der Waals surface area contributed by atoms with Crippen molar-refractivity contribution >= 4 is 83.8 Å². The lowest BCUT2D eigenvalue weighted by molar-refractivity contribution is 0.375. The van der Waals surface area contributed by atoms with Gasteiger partial charge in [-0.25, -0.2) is 0 Å². The highest BCUT2D eigenvalue weighted by Gasteiger charge is 2.49. The Balaban J connectivity index is 0.943. The first-order valence-electron chi connectivity index (χ1n) is 23.4. The average molecular weight is 868 g/mol. The molecule has 0 N–H and O–H groups in total. The number of nitrogens with zero attached hydrogens (tertiary/aromatic N) is 3. The Morgan fingerprint density at radius 3 is 1.47 bits per heavy atom. The standard InChI is InChI=1S/C62H53N3Si/c1-61(2,3)64-57-28-16-18-30-59(57)66(47-22-10-7-11-23-47,60-31-19-17-29-58(60)64)48-36-32-43(33-37-48)42-62(4,5)65-55-27-15-13-25-50(55)52-41-45(35-39-56(52)65)44-34-38-54-51(40-44)49-24-12-14-26-53(49)63(54)46-20-8-6-9-21-46/h6-41H,42H2,1-5H3. The largest absolute Gasteiger partial charge is 0.336 e. The van der Waals surface area contributed by atoms with E-state index in [4.69, 9.17) is 0 Å². The second kappa shape index (κ2) is 15.1. The second-order valence-electron chi connectivity index (χ2n) is 19.8. The molecular weight excluding hydrogens is 815 g/mol. The summed E-state index contributed by atoms with van der Waals surface area (Å²) in [4.78, 5) is 2.57. The fourth-order valence-electron chi connectivity index (χ4n) is 11.7. The maximum absolute atomic E-state index is 2.73. The third kappa shape index (κ3) is 6.08. The van der Waals surface area contributed by atoms with E-state index in [0.717, 1.165) is 6.42 Å². The van der Waals surface area contributed by atoms with Gasteiger partial charge in [0, 0.05) is 60.7 Å². The van der Waals surface area contributed by atoms with Crippen LogP contribution in [0.1, 0.15) is 40.2 Å². The summed E-state index contributed by atoms with van der Waals surface area (Å²) in [6.45, 7) is 11.8.